The van der Waals surface area contributed by atoms with Gasteiger partial charge in [0.25, 0.3) is 0 Å². The number of likely N-dealkylation sites (tertiary alicyclic amines) is 1. The number of nitrogens with two attached hydrogens (primary N) is 1. The highest BCUT2D eigenvalue weighted by atomic mass is 127. The second kappa shape index (κ2) is 9.82. The fourth-order valence-corrected chi connectivity index (χ4v) is 2.73. The molecule has 1 rings (SSSR count). The van der Waals surface area contributed by atoms with Crippen molar-refractivity contribution in [3.8, 4) is 0 Å². The second-order valence-electron chi connectivity index (χ2n) is 6.02. The molecule has 0 bridgehead atoms. The maximum Gasteiger partial charge on any atom is 0.191 e. The van der Waals surface area contributed by atoms with Gasteiger partial charge in [0, 0.05) is 26.2 Å². The van der Waals surface area contributed by atoms with Crippen LogP contribution in [0, 0.1) is 11.3 Å². The quantitative estimate of drug-likeness (QED) is 0.412. The smallest absolute Gasteiger partial charge is 0.191 e. The van der Waals surface area contributed by atoms with E-state index >= 15 is 0 Å². The number of aliphatic hydroxyl groups is 1. The number of halogens is 1. The summed E-state index contributed by atoms with van der Waals surface area (Å²) in [6.07, 6.45) is 5.31. The van der Waals surface area contributed by atoms with E-state index in [1.54, 1.807) is 0 Å². The maximum atomic E-state index is 9.22. The van der Waals surface area contributed by atoms with Gasteiger partial charge in [-0.3, -0.25) is 4.99 Å². The molecule has 0 atom stereocenters. The van der Waals surface area contributed by atoms with Crippen molar-refractivity contribution >= 4 is 29.9 Å². The minimum Gasteiger partial charge on any atom is -0.396 e. The number of hydrogen-bond donors (Lipinski definition) is 2. The van der Waals surface area contributed by atoms with Gasteiger partial charge in [-0.25, -0.2) is 0 Å². The molecule has 1 aliphatic heterocycles. The van der Waals surface area contributed by atoms with Crippen LogP contribution in [0.15, 0.2) is 4.99 Å². The topological polar surface area (TPSA) is 61.9 Å². The zero-order valence-corrected chi connectivity index (χ0v) is 15.6. The zero-order valence-electron chi connectivity index (χ0n) is 13.3. The molecule has 0 aromatic rings. The van der Waals surface area contributed by atoms with Gasteiger partial charge in [0.1, 0.15) is 0 Å². The van der Waals surface area contributed by atoms with Crippen molar-refractivity contribution in [3.05, 3.63) is 0 Å². The number of guanidine groups is 1. The lowest BCUT2D eigenvalue weighted by molar-refractivity contribution is 0.174. The Bertz CT molecular complexity index is 285. The predicted octanol–water partition coefficient (Wildman–Crippen LogP) is 2.84. The van der Waals surface area contributed by atoms with Crippen LogP contribution in [0.1, 0.15) is 52.9 Å². The normalized spacial score (nSPS) is 18.0. The zero-order chi connectivity index (χ0) is 14.3. The average molecular weight is 397 g/mol. The van der Waals surface area contributed by atoms with Gasteiger partial charge >= 0.3 is 0 Å². The van der Waals surface area contributed by atoms with E-state index in [1.807, 2.05) is 0 Å². The van der Waals surface area contributed by atoms with Crippen LogP contribution in [0.25, 0.3) is 0 Å². The molecule has 120 valence electrons. The molecule has 0 unspecified atom stereocenters. The van der Waals surface area contributed by atoms with Gasteiger partial charge < -0.3 is 15.7 Å². The number of rotatable bonds is 6. The standard InChI is InChI=1S/C15H31N3O.HI/c1-4-15(5-2,8-11-19)12-17-14(16)18-9-6-13(3)7-10-18;/h13,19H,4-12H2,1-3H3,(H2,16,17);1H. The van der Waals surface area contributed by atoms with Gasteiger partial charge in [-0.05, 0) is 43.4 Å². The van der Waals surface area contributed by atoms with Crippen molar-refractivity contribution in [1.29, 1.82) is 0 Å². The van der Waals surface area contributed by atoms with Crippen LogP contribution >= 0.6 is 24.0 Å². The van der Waals surface area contributed by atoms with Crippen LogP contribution in [0.5, 0.6) is 0 Å². The molecule has 1 aliphatic rings. The maximum absolute atomic E-state index is 9.22. The van der Waals surface area contributed by atoms with Crippen LogP contribution in [0.4, 0.5) is 0 Å². The molecule has 0 aliphatic carbocycles. The van der Waals surface area contributed by atoms with Gasteiger partial charge in [-0.1, -0.05) is 20.8 Å². The Labute approximate surface area is 141 Å². The first-order chi connectivity index (χ1) is 9.06. The van der Waals surface area contributed by atoms with Gasteiger partial charge in [-0.2, -0.15) is 0 Å². The molecule has 1 fully saturated rings. The molecule has 0 aromatic heterocycles. The van der Waals surface area contributed by atoms with E-state index in [4.69, 9.17) is 5.73 Å². The highest BCUT2D eigenvalue weighted by molar-refractivity contribution is 14.0. The fourth-order valence-electron chi connectivity index (χ4n) is 2.73. The summed E-state index contributed by atoms with van der Waals surface area (Å²) in [5.41, 5.74) is 6.23. The Hall–Kier alpha value is -0.0400. The molecule has 20 heavy (non-hydrogen) atoms. The molecule has 1 heterocycles. The lowest BCUT2D eigenvalue weighted by atomic mass is 9.79. The number of aliphatic imine (C=N–C) groups is 1. The van der Waals surface area contributed by atoms with Crippen molar-refractivity contribution in [3.63, 3.8) is 0 Å². The number of piperidine rings is 1. The Balaban J connectivity index is 0.00000361. The van der Waals surface area contributed by atoms with Gasteiger partial charge in [0.05, 0.1) is 0 Å². The van der Waals surface area contributed by atoms with E-state index in [9.17, 15) is 5.11 Å². The van der Waals surface area contributed by atoms with Gasteiger partial charge in [0.15, 0.2) is 5.96 Å². The summed E-state index contributed by atoms with van der Waals surface area (Å²) in [4.78, 5) is 6.82. The summed E-state index contributed by atoms with van der Waals surface area (Å²) in [7, 11) is 0. The Kier molecular flexibility index (Phi) is 9.80. The molecule has 4 nitrogen and oxygen atoms in total. The summed E-state index contributed by atoms with van der Waals surface area (Å²) in [5.74, 6) is 1.50. The van der Waals surface area contributed by atoms with Crippen LogP contribution in [0.3, 0.4) is 0 Å². The lowest BCUT2D eigenvalue weighted by Crippen LogP contribution is -2.43. The largest absolute Gasteiger partial charge is 0.396 e. The van der Waals surface area contributed by atoms with E-state index in [2.05, 4.69) is 30.7 Å². The summed E-state index contributed by atoms with van der Waals surface area (Å²) in [6, 6.07) is 0. The summed E-state index contributed by atoms with van der Waals surface area (Å²) in [6.45, 7) is 9.67. The van der Waals surface area contributed by atoms with Crippen molar-refractivity contribution in [2.45, 2.75) is 52.9 Å². The molecule has 1 saturated heterocycles. The van der Waals surface area contributed by atoms with E-state index < -0.39 is 0 Å². The second-order valence-corrected chi connectivity index (χ2v) is 6.02. The minimum atomic E-state index is 0. The highest BCUT2D eigenvalue weighted by Gasteiger charge is 2.26. The molecule has 0 saturated carbocycles. The molecule has 3 N–H and O–H groups in total. The predicted molar refractivity (Wildman–Crippen MR) is 96.6 cm³/mol. The molecule has 0 amide bonds. The van der Waals surface area contributed by atoms with Gasteiger partial charge in [0.2, 0.25) is 0 Å². The third kappa shape index (κ3) is 5.76. The van der Waals surface area contributed by atoms with Crippen LogP contribution in [-0.4, -0.2) is 42.2 Å². The van der Waals surface area contributed by atoms with Crippen molar-refractivity contribution in [2.75, 3.05) is 26.2 Å². The van der Waals surface area contributed by atoms with E-state index in [-0.39, 0.29) is 36.0 Å². The Morgan fingerprint density at radius 2 is 1.85 bits per heavy atom. The first-order valence-electron chi connectivity index (χ1n) is 7.72. The number of nitrogens with zero attached hydrogens (tertiary/aromatic N) is 2. The molecular formula is C15H32IN3O. The highest BCUT2D eigenvalue weighted by Crippen LogP contribution is 2.30. The van der Waals surface area contributed by atoms with Crippen molar-refractivity contribution in [1.82, 2.24) is 4.90 Å². The summed E-state index contributed by atoms with van der Waals surface area (Å²) < 4.78 is 0. The lowest BCUT2D eigenvalue weighted by Gasteiger charge is -2.33. The first-order valence-corrected chi connectivity index (χ1v) is 7.72. The van der Waals surface area contributed by atoms with E-state index in [0.717, 1.165) is 44.8 Å². The van der Waals surface area contributed by atoms with Crippen LogP contribution in [0.2, 0.25) is 0 Å². The Morgan fingerprint density at radius 3 is 2.30 bits per heavy atom. The van der Waals surface area contributed by atoms with Crippen molar-refractivity contribution in [2.24, 2.45) is 22.1 Å². The third-order valence-electron chi connectivity index (χ3n) is 4.83. The third-order valence-corrected chi connectivity index (χ3v) is 4.83. The SMILES string of the molecule is CCC(CC)(CCO)CN=C(N)N1CCC(C)CC1.I. The average Bonchev–Trinajstić information content (AvgIpc) is 2.44. The molecule has 5 heteroatoms. The Morgan fingerprint density at radius 1 is 1.30 bits per heavy atom. The molecule has 0 radical (unpaired) electrons. The summed E-state index contributed by atoms with van der Waals surface area (Å²) >= 11 is 0. The molecule has 0 aromatic carbocycles. The summed E-state index contributed by atoms with van der Waals surface area (Å²) in [5, 5.41) is 9.22. The van der Waals surface area contributed by atoms with E-state index in [1.165, 1.54) is 12.8 Å². The minimum absolute atomic E-state index is 0. The number of aliphatic hydroxyl groups excluding tert-OH is 1. The monoisotopic (exact) mass is 397 g/mol. The van der Waals surface area contributed by atoms with Crippen LogP contribution < -0.4 is 5.73 Å². The van der Waals surface area contributed by atoms with Gasteiger partial charge in [-0.15, -0.1) is 24.0 Å². The fraction of sp³-hybridized carbons (Fsp3) is 0.933. The number of hydrogen-bond acceptors (Lipinski definition) is 2. The van der Waals surface area contributed by atoms with Crippen molar-refractivity contribution < 1.29 is 5.11 Å². The molecular weight excluding hydrogens is 365 g/mol. The van der Waals surface area contributed by atoms with Crippen LogP contribution in [-0.2, 0) is 0 Å². The van der Waals surface area contributed by atoms with E-state index in [0.29, 0.717) is 5.96 Å². The molecule has 0 spiro atoms. The first kappa shape index (κ1) is 20.0.